The van der Waals surface area contributed by atoms with Gasteiger partial charge in [-0.15, -0.1) is 0 Å². The molecule has 1 aromatic rings. The van der Waals surface area contributed by atoms with E-state index in [9.17, 15) is 8.42 Å². The molecule has 1 saturated carbocycles. The van der Waals surface area contributed by atoms with Crippen LogP contribution in [0.4, 0.5) is 0 Å². The van der Waals surface area contributed by atoms with Crippen molar-refractivity contribution in [2.75, 3.05) is 33.0 Å². The summed E-state index contributed by atoms with van der Waals surface area (Å²) >= 11 is 0. The fourth-order valence-electron chi connectivity index (χ4n) is 5.04. The summed E-state index contributed by atoms with van der Waals surface area (Å²) < 4.78 is 31.9. The summed E-state index contributed by atoms with van der Waals surface area (Å²) in [6, 6.07) is 9.87. The SMILES string of the molecule is COc1cccc(C2(CNS(C)(=O)=O)CCC(NC3CCN(C(C)C)CC3)CC2)c1. The van der Waals surface area contributed by atoms with Crippen LogP contribution in [0.15, 0.2) is 24.3 Å². The van der Waals surface area contributed by atoms with Crippen LogP contribution in [0.5, 0.6) is 5.75 Å². The first kappa shape index (κ1) is 23.5. The van der Waals surface area contributed by atoms with Gasteiger partial charge >= 0.3 is 0 Å². The van der Waals surface area contributed by atoms with Crippen molar-refractivity contribution >= 4 is 10.0 Å². The average Bonchev–Trinajstić information content (AvgIpc) is 2.73. The van der Waals surface area contributed by atoms with E-state index in [1.165, 1.54) is 37.8 Å². The van der Waals surface area contributed by atoms with Gasteiger partial charge in [0.05, 0.1) is 13.4 Å². The van der Waals surface area contributed by atoms with Gasteiger partial charge in [0.2, 0.25) is 10.0 Å². The molecule has 0 unspecified atom stereocenters. The van der Waals surface area contributed by atoms with Crippen molar-refractivity contribution in [1.29, 1.82) is 0 Å². The second-order valence-electron chi connectivity index (χ2n) is 9.45. The molecule has 30 heavy (non-hydrogen) atoms. The van der Waals surface area contributed by atoms with E-state index in [0.29, 0.717) is 24.7 Å². The van der Waals surface area contributed by atoms with Crippen LogP contribution >= 0.6 is 0 Å². The number of hydrogen-bond donors (Lipinski definition) is 2. The third kappa shape index (κ3) is 6.19. The summed E-state index contributed by atoms with van der Waals surface area (Å²) in [4.78, 5) is 2.56. The van der Waals surface area contributed by atoms with Gasteiger partial charge in [-0.1, -0.05) is 12.1 Å². The van der Waals surface area contributed by atoms with Crippen LogP contribution in [0.1, 0.15) is 57.9 Å². The number of ether oxygens (including phenoxy) is 1. The lowest BCUT2D eigenvalue weighted by molar-refractivity contribution is 0.146. The fraction of sp³-hybridized carbons (Fsp3) is 0.739. The highest BCUT2D eigenvalue weighted by Crippen LogP contribution is 2.40. The quantitative estimate of drug-likeness (QED) is 0.654. The van der Waals surface area contributed by atoms with Crippen LogP contribution in [-0.2, 0) is 15.4 Å². The highest BCUT2D eigenvalue weighted by Gasteiger charge is 2.38. The van der Waals surface area contributed by atoms with E-state index in [-0.39, 0.29) is 5.41 Å². The van der Waals surface area contributed by atoms with Crippen LogP contribution in [-0.4, -0.2) is 64.4 Å². The monoisotopic (exact) mass is 437 g/mol. The van der Waals surface area contributed by atoms with Crippen LogP contribution in [0.2, 0.25) is 0 Å². The van der Waals surface area contributed by atoms with Gasteiger partial charge in [-0.05, 0) is 83.2 Å². The maximum absolute atomic E-state index is 11.8. The Morgan fingerprint density at radius 1 is 1.13 bits per heavy atom. The second-order valence-corrected chi connectivity index (χ2v) is 11.3. The molecule has 0 aromatic heterocycles. The van der Waals surface area contributed by atoms with Crippen molar-refractivity contribution in [3.05, 3.63) is 29.8 Å². The average molecular weight is 438 g/mol. The number of nitrogens with zero attached hydrogens (tertiary/aromatic N) is 1. The summed E-state index contributed by atoms with van der Waals surface area (Å²) in [7, 11) is -1.56. The zero-order valence-corrected chi connectivity index (χ0v) is 19.8. The lowest BCUT2D eigenvalue weighted by Crippen LogP contribution is -2.51. The molecule has 0 amide bonds. The summed E-state index contributed by atoms with van der Waals surface area (Å²) in [6.07, 6.45) is 7.72. The zero-order valence-electron chi connectivity index (χ0n) is 19.0. The second kappa shape index (κ2) is 9.98. The van der Waals surface area contributed by atoms with E-state index in [4.69, 9.17) is 4.74 Å². The molecule has 170 valence electrons. The number of likely N-dealkylation sites (tertiary alicyclic amines) is 1. The van der Waals surface area contributed by atoms with Gasteiger partial charge in [0.1, 0.15) is 5.75 Å². The van der Waals surface area contributed by atoms with Crippen LogP contribution in [0.3, 0.4) is 0 Å². The standard InChI is InChI=1S/C23H39N3O3S/c1-18(2)26-14-10-21(11-15-26)25-20-8-12-23(13-9-20,17-24-30(4,27)28)19-6-5-7-22(16-19)29-3/h5-7,16,18,20-21,24-25H,8-15,17H2,1-4H3. The van der Waals surface area contributed by atoms with E-state index in [2.05, 4.69) is 40.9 Å². The number of sulfonamides is 1. The van der Waals surface area contributed by atoms with Gasteiger partial charge in [0.25, 0.3) is 0 Å². The number of nitrogens with one attached hydrogen (secondary N) is 2. The predicted octanol–water partition coefficient (Wildman–Crippen LogP) is 2.89. The van der Waals surface area contributed by atoms with Crippen molar-refractivity contribution in [3.63, 3.8) is 0 Å². The topological polar surface area (TPSA) is 70.7 Å². The van der Waals surface area contributed by atoms with Gasteiger partial charge in [-0.25, -0.2) is 13.1 Å². The number of hydrogen-bond acceptors (Lipinski definition) is 5. The molecule has 2 N–H and O–H groups in total. The third-order valence-corrected chi connectivity index (χ3v) is 7.70. The van der Waals surface area contributed by atoms with Gasteiger partial charge in [-0.2, -0.15) is 0 Å². The first-order valence-electron chi connectivity index (χ1n) is 11.3. The van der Waals surface area contributed by atoms with Gasteiger partial charge < -0.3 is 15.0 Å². The highest BCUT2D eigenvalue weighted by molar-refractivity contribution is 7.88. The van der Waals surface area contributed by atoms with Gasteiger partial charge in [-0.3, -0.25) is 0 Å². The molecule has 0 spiro atoms. The molecule has 0 radical (unpaired) electrons. The summed E-state index contributed by atoms with van der Waals surface area (Å²) in [5.74, 6) is 0.823. The largest absolute Gasteiger partial charge is 0.497 e. The highest BCUT2D eigenvalue weighted by atomic mass is 32.2. The molecule has 1 aliphatic carbocycles. The number of rotatable bonds is 8. The van der Waals surface area contributed by atoms with E-state index in [0.717, 1.165) is 31.4 Å². The number of benzene rings is 1. The van der Waals surface area contributed by atoms with Crippen molar-refractivity contribution in [1.82, 2.24) is 14.9 Å². The molecular formula is C23H39N3O3S. The normalized spacial score (nSPS) is 26.8. The first-order chi connectivity index (χ1) is 14.2. The molecule has 1 aliphatic heterocycles. The Labute approximate surface area is 182 Å². The molecule has 2 fully saturated rings. The Balaban J connectivity index is 1.64. The molecular weight excluding hydrogens is 398 g/mol. The van der Waals surface area contributed by atoms with Gasteiger partial charge in [0.15, 0.2) is 0 Å². The molecule has 1 aromatic carbocycles. The molecule has 1 heterocycles. The van der Waals surface area contributed by atoms with Crippen molar-refractivity contribution in [2.24, 2.45) is 0 Å². The molecule has 3 rings (SSSR count). The molecule has 1 saturated heterocycles. The van der Waals surface area contributed by atoms with Crippen LogP contribution in [0.25, 0.3) is 0 Å². The minimum Gasteiger partial charge on any atom is -0.497 e. The van der Waals surface area contributed by atoms with E-state index in [1.54, 1.807) is 7.11 Å². The molecule has 0 atom stereocenters. The van der Waals surface area contributed by atoms with Gasteiger partial charge in [0, 0.05) is 30.1 Å². The Hall–Kier alpha value is -1.15. The Bertz CT molecular complexity index is 781. The molecule has 2 aliphatic rings. The lowest BCUT2D eigenvalue weighted by atomic mass is 9.68. The third-order valence-electron chi connectivity index (χ3n) is 7.03. The van der Waals surface area contributed by atoms with E-state index >= 15 is 0 Å². The van der Waals surface area contributed by atoms with Crippen LogP contribution in [0, 0.1) is 0 Å². The smallest absolute Gasteiger partial charge is 0.208 e. The molecule has 7 heteroatoms. The lowest BCUT2D eigenvalue weighted by Gasteiger charge is -2.43. The Morgan fingerprint density at radius 2 is 1.77 bits per heavy atom. The minimum absolute atomic E-state index is 0.184. The maximum Gasteiger partial charge on any atom is 0.208 e. The Morgan fingerprint density at radius 3 is 2.33 bits per heavy atom. The maximum atomic E-state index is 11.8. The van der Waals surface area contributed by atoms with Crippen molar-refractivity contribution in [2.45, 2.75) is 75.9 Å². The first-order valence-corrected chi connectivity index (χ1v) is 13.2. The molecule has 6 nitrogen and oxygen atoms in total. The number of piperidine rings is 1. The van der Waals surface area contributed by atoms with E-state index < -0.39 is 10.0 Å². The fourth-order valence-corrected chi connectivity index (χ4v) is 5.58. The van der Waals surface area contributed by atoms with Crippen molar-refractivity contribution < 1.29 is 13.2 Å². The molecule has 0 bridgehead atoms. The predicted molar refractivity (Wildman–Crippen MR) is 123 cm³/mol. The van der Waals surface area contributed by atoms with Crippen molar-refractivity contribution in [3.8, 4) is 5.75 Å². The summed E-state index contributed by atoms with van der Waals surface area (Å²) in [5, 5.41) is 3.91. The minimum atomic E-state index is -3.24. The Kier molecular flexibility index (Phi) is 7.82. The van der Waals surface area contributed by atoms with E-state index in [1.807, 2.05) is 12.1 Å². The summed E-state index contributed by atoms with van der Waals surface area (Å²) in [5.41, 5.74) is 0.985. The number of methoxy groups -OCH3 is 1. The summed E-state index contributed by atoms with van der Waals surface area (Å²) in [6.45, 7) is 7.34. The zero-order chi connectivity index (χ0) is 21.8. The van der Waals surface area contributed by atoms with Crippen LogP contribution < -0.4 is 14.8 Å².